The molecule has 4 heterocycles. The molecule has 0 atom stereocenters. The summed E-state index contributed by atoms with van der Waals surface area (Å²) in [5.74, 6) is 2.45. The van der Waals surface area contributed by atoms with Crippen molar-refractivity contribution in [1.29, 1.82) is 0 Å². The molecule has 38 heavy (non-hydrogen) atoms. The first-order chi connectivity index (χ1) is 18.3. The molecule has 196 valence electrons. The van der Waals surface area contributed by atoms with Crippen LogP contribution in [0, 0.1) is 0 Å². The lowest BCUT2D eigenvalue weighted by Crippen LogP contribution is -2.40. The Morgan fingerprint density at radius 2 is 1.95 bits per heavy atom. The van der Waals surface area contributed by atoms with Gasteiger partial charge in [-0.05, 0) is 50.6 Å². The first kappa shape index (κ1) is 25.2. The van der Waals surface area contributed by atoms with E-state index >= 15 is 0 Å². The smallest absolute Gasteiger partial charge is 0.271 e. The number of fused-ring (bicyclic) bond motifs is 1. The van der Waals surface area contributed by atoms with Crippen molar-refractivity contribution in [2.24, 2.45) is 0 Å². The van der Waals surface area contributed by atoms with Gasteiger partial charge in [-0.1, -0.05) is 6.07 Å². The van der Waals surface area contributed by atoms with E-state index in [1.807, 2.05) is 39.0 Å². The number of amides is 1. The Labute approximate surface area is 222 Å². The van der Waals surface area contributed by atoms with E-state index in [2.05, 4.69) is 25.7 Å². The number of hydrogen-bond acceptors (Lipinski definition) is 10. The maximum Gasteiger partial charge on any atom is 0.271 e. The molecule has 2 N–H and O–H groups in total. The molecule has 1 aromatic carbocycles. The summed E-state index contributed by atoms with van der Waals surface area (Å²) < 4.78 is 17.9. The van der Waals surface area contributed by atoms with Crippen molar-refractivity contribution in [3.8, 4) is 33.7 Å². The third-order valence-corrected chi connectivity index (χ3v) is 6.34. The van der Waals surface area contributed by atoms with E-state index in [1.165, 1.54) is 11.3 Å². The van der Waals surface area contributed by atoms with Gasteiger partial charge < -0.3 is 24.5 Å². The lowest BCUT2D eigenvalue weighted by Gasteiger charge is -2.19. The second-order valence-electron chi connectivity index (χ2n) is 9.43. The lowest BCUT2D eigenvalue weighted by molar-refractivity contribution is 0.0915. The minimum absolute atomic E-state index is 0.241. The first-order valence-electron chi connectivity index (χ1n) is 11.8. The summed E-state index contributed by atoms with van der Waals surface area (Å²) >= 11 is 1.34. The Balaban J connectivity index is 1.50. The average molecular weight is 534 g/mol. The maximum absolute atomic E-state index is 12.6. The summed E-state index contributed by atoms with van der Waals surface area (Å²) in [6.45, 7) is 6.22. The van der Waals surface area contributed by atoms with E-state index in [0.29, 0.717) is 57.5 Å². The second-order valence-corrected chi connectivity index (χ2v) is 10.3. The minimum atomic E-state index is -0.373. The fourth-order valence-corrected chi connectivity index (χ4v) is 4.54. The molecule has 0 saturated heterocycles. The number of hydrogen-bond donors (Lipinski definition) is 2. The highest BCUT2D eigenvalue weighted by Crippen LogP contribution is 2.31. The van der Waals surface area contributed by atoms with Gasteiger partial charge in [0.15, 0.2) is 22.9 Å². The number of furan rings is 1. The average Bonchev–Trinajstić information content (AvgIpc) is 3.66. The number of carbonyl (C=O) groups is 1. The van der Waals surface area contributed by atoms with E-state index in [4.69, 9.17) is 18.9 Å². The van der Waals surface area contributed by atoms with Crippen molar-refractivity contribution in [3.05, 3.63) is 59.4 Å². The third-order valence-electron chi connectivity index (χ3n) is 5.46. The zero-order chi connectivity index (χ0) is 26.9. The lowest BCUT2D eigenvalue weighted by atomic mass is 10.1. The van der Waals surface area contributed by atoms with Crippen LogP contribution < -0.4 is 20.1 Å². The van der Waals surface area contributed by atoms with Crippen LogP contribution in [0.25, 0.3) is 27.8 Å². The predicted octanol–water partition coefficient (Wildman–Crippen LogP) is 4.67. The fourth-order valence-electron chi connectivity index (χ4n) is 3.73. The zero-order valence-corrected chi connectivity index (χ0v) is 22.4. The molecular formula is C26H27N7O4S. The number of aromatic nitrogens is 5. The Bertz CT molecular complexity index is 1590. The molecule has 0 fully saturated rings. The normalized spacial score (nSPS) is 11.5. The Hall–Kier alpha value is -4.45. The molecule has 0 aliphatic rings. The predicted molar refractivity (Wildman–Crippen MR) is 144 cm³/mol. The van der Waals surface area contributed by atoms with Crippen molar-refractivity contribution in [2.45, 2.75) is 32.9 Å². The van der Waals surface area contributed by atoms with Crippen molar-refractivity contribution < 1.29 is 18.7 Å². The molecule has 0 radical (unpaired) electrons. The Morgan fingerprint density at radius 3 is 2.66 bits per heavy atom. The molecule has 1 amide bonds. The van der Waals surface area contributed by atoms with Crippen LogP contribution >= 0.6 is 11.3 Å². The standard InChI is InChI=1S/C26H27N7O4S/c1-26(2,3)31-23(34)17-14-38-24(29-17)16-13-28-25(27-12-15-8-9-18(35-4)20(11-15)36-5)33-22(16)30-21(32-33)19-7-6-10-37-19/h6-11,13-14H,12H2,1-5H3,(H,27,28)(H,31,34). The van der Waals surface area contributed by atoms with Gasteiger partial charge in [0.2, 0.25) is 11.8 Å². The Kier molecular flexibility index (Phi) is 6.72. The summed E-state index contributed by atoms with van der Waals surface area (Å²) in [6.07, 6.45) is 3.24. The monoisotopic (exact) mass is 533 g/mol. The fraction of sp³-hybridized carbons (Fsp3) is 0.269. The van der Waals surface area contributed by atoms with E-state index in [1.54, 1.807) is 48.7 Å². The van der Waals surface area contributed by atoms with Gasteiger partial charge in [-0.15, -0.1) is 16.4 Å². The summed E-state index contributed by atoms with van der Waals surface area (Å²) in [5.41, 5.74) is 2.09. The van der Waals surface area contributed by atoms with Crippen molar-refractivity contribution in [2.75, 3.05) is 19.5 Å². The number of carbonyl (C=O) groups excluding carboxylic acids is 1. The number of nitrogens with zero attached hydrogens (tertiary/aromatic N) is 5. The number of thiazole rings is 1. The topological polar surface area (TPSA) is 129 Å². The summed E-state index contributed by atoms with van der Waals surface area (Å²) in [4.78, 5) is 26.5. The Morgan fingerprint density at radius 1 is 1.13 bits per heavy atom. The van der Waals surface area contributed by atoms with Gasteiger partial charge >= 0.3 is 0 Å². The molecular weight excluding hydrogens is 506 g/mol. The summed E-state index contributed by atoms with van der Waals surface area (Å²) in [5, 5.41) is 13.2. The highest BCUT2D eigenvalue weighted by molar-refractivity contribution is 7.13. The number of rotatable bonds is 8. The quantitative estimate of drug-likeness (QED) is 0.292. The largest absolute Gasteiger partial charge is 0.493 e. The van der Waals surface area contributed by atoms with E-state index in [-0.39, 0.29) is 11.4 Å². The second kappa shape index (κ2) is 10.1. The van der Waals surface area contributed by atoms with Crippen molar-refractivity contribution in [1.82, 2.24) is 29.9 Å². The SMILES string of the molecule is COc1ccc(CNc2ncc(-c3nc(C(=O)NC(C)(C)C)cs3)c3nc(-c4ccco4)nn23)cc1OC. The number of nitrogens with one attached hydrogen (secondary N) is 2. The van der Waals surface area contributed by atoms with Gasteiger partial charge in [0.05, 0.1) is 26.0 Å². The van der Waals surface area contributed by atoms with Gasteiger partial charge in [-0.25, -0.2) is 15.0 Å². The van der Waals surface area contributed by atoms with Gasteiger partial charge in [0, 0.05) is 23.7 Å². The maximum atomic E-state index is 12.6. The summed E-state index contributed by atoms with van der Waals surface area (Å²) in [7, 11) is 3.20. The van der Waals surface area contributed by atoms with Crippen molar-refractivity contribution >= 4 is 28.8 Å². The van der Waals surface area contributed by atoms with Gasteiger partial charge in [-0.3, -0.25) is 4.79 Å². The molecule has 4 aromatic heterocycles. The number of methoxy groups -OCH3 is 2. The molecule has 11 nitrogen and oxygen atoms in total. The van der Waals surface area contributed by atoms with Crippen LogP contribution in [-0.4, -0.2) is 50.2 Å². The minimum Gasteiger partial charge on any atom is -0.493 e. The number of benzene rings is 1. The van der Waals surface area contributed by atoms with Crippen LogP contribution in [0.1, 0.15) is 36.8 Å². The van der Waals surface area contributed by atoms with E-state index in [0.717, 1.165) is 5.56 Å². The molecule has 0 spiro atoms. The van der Waals surface area contributed by atoms with Gasteiger partial charge in [0.1, 0.15) is 10.7 Å². The van der Waals surface area contributed by atoms with Crippen LogP contribution in [0.15, 0.2) is 52.6 Å². The molecule has 0 saturated carbocycles. The molecule has 0 bridgehead atoms. The number of anilines is 1. The number of ether oxygens (including phenoxy) is 2. The molecule has 0 unspecified atom stereocenters. The van der Waals surface area contributed by atoms with Crippen LogP contribution in [0.5, 0.6) is 11.5 Å². The highest BCUT2D eigenvalue weighted by Gasteiger charge is 2.22. The third kappa shape index (κ3) is 5.16. The summed E-state index contributed by atoms with van der Waals surface area (Å²) in [6, 6.07) is 9.25. The molecule has 0 aliphatic carbocycles. The van der Waals surface area contributed by atoms with Crippen LogP contribution in [0.2, 0.25) is 0 Å². The molecule has 0 aliphatic heterocycles. The van der Waals surface area contributed by atoms with Crippen LogP contribution in [0.3, 0.4) is 0 Å². The van der Waals surface area contributed by atoms with E-state index in [9.17, 15) is 4.79 Å². The molecule has 5 rings (SSSR count). The highest BCUT2D eigenvalue weighted by atomic mass is 32.1. The van der Waals surface area contributed by atoms with Crippen LogP contribution in [0.4, 0.5) is 5.95 Å². The van der Waals surface area contributed by atoms with E-state index < -0.39 is 0 Å². The molecule has 5 aromatic rings. The zero-order valence-electron chi connectivity index (χ0n) is 21.6. The first-order valence-corrected chi connectivity index (χ1v) is 12.7. The molecule has 12 heteroatoms. The van der Waals surface area contributed by atoms with Crippen molar-refractivity contribution in [3.63, 3.8) is 0 Å². The van der Waals surface area contributed by atoms with Gasteiger partial charge in [-0.2, -0.15) is 4.52 Å². The van der Waals surface area contributed by atoms with Crippen LogP contribution in [-0.2, 0) is 6.54 Å². The van der Waals surface area contributed by atoms with Gasteiger partial charge in [0.25, 0.3) is 5.91 Å².